The van der Waals surface area contributed by atoms with E-state index in [1.54, 1.807) is 10.9 Å². The van der Waals surface area contributed by atoms with Crippen LogP contribution in [0.2, 0.25) is 0 Å². The molecule has 2 saturated heterocycles. The van der Waals surface area contributed by atoms with E-state index in [1.165, 1.54) is 15.9 Å². The van der Waals surface area contributed by atoms with Gasteiger partial charge in [-0.15, -0.1) is 10.2 Å². The molecule has 3 aromatic heterocycles. The highest BCUT2D eigenvalue weighted by Crippen LogP contribution is 2.39. The van der Waals surface area contributed by atoms with Gasteiger partial charge in [0.1, 0.15) is 12.2 Å². The highest BCUT2D eigenvalue weighted by Gasteiger charge is 2.47. The predicted molar refractivity (Wildman–Crippen MR) is 162 cm³/mol. The van der Waals surface area contributed by atoms with Crippen LogP contribution in [-0.4, -0.2) is 87.8 Å². The summed E-state index contributed by atoms with van der Waals surface area (Å²) in [6.07, 6.45) is -2.02. The Balaban J connectivity index is 1.23. The molecule has 44 heavy (non-hydrogen) atoms. The number of aromatic nitrogens is 8. The molecule has 5 N–H and O–H groups in total. The van der Waals surface area contributed by atoms with Crippen LogP contribution in [0.1, 0.15) is 48.5 Å². The van der Waals surface area contributed by atoms with E-state index in [0.717, 1.165) is 19.5 Å². The summed E-state index contributed by atoms with van der Waals surface area (Å²) in [5, 5.41) is 44.6. The first-order chi connectivity index (χ1) is 21.6. The molecule has 2 aliphatic heterocycles. The summed E-state index contributed by atoms with van der Waals surface area (Å²) >= 11 is 0. The van der Waals surface area contributed by atoms with Gasteiger partial charge in [-0.05, 0) is 36.2 Å². The van der Waals surface area contributed by atoms with Crippen molar-refractivity contribution in [2.75, 3.05) is 30.3 Å². The Hall–Kier alpha value is -4.50. The number of aryl methyl sites for hydroxylation is 1. The van der Waals surface area contributed by atoms with Crippen LogP contribution in [0.15, 0.2) is 67.0 Å². The number of benzene rings is 2. The van der Waals surface area contributed by atoms with E-state index >= 15 is 0 Å². The topological polar surface area (TPSA) is 173 Å². The lowest BCUT2D eigenvalue weighted by Crippen LogP contribution is -2.29. The molecule has 228 valence electrons. The minimum atomic E-state index is -1.28. The lowest BCUT2D eigenvalue weighted by Gasteiger charge is -2.20. The number of anilines is 2. The third-order valence-corrected chi connectivity index (χ3v) is 8.21. The number of hydrogen-bond acceptors (Lipinski definition) is 12. The number of tetrazole rings is 1. The lowest BCUT2D eigenvalue weighted by atomic mass is 9.91. The molecule has 0 bridgehead atoms. The van der Waals surface area contributed by atoms with Crippen molar-refractivity contribution in [1.82, 2.24) is 45.0 Å². The molecule has 0 saturated carbocycles. The zero-order valence-corrected chi connectivity index (χ0v) is 24.2. The average molecular weight is 598 g/mol. The second kappa shape index (κ2) is 12.2. The van der Waals surface area contributed by atoms with Crippen LogP contribution in [0, 0.1) is 0 Å². The molecule has 5 atom stereocenters. The smallest absolute Gasteiger partial charge is 0.227 e. The third-order valence-electron chi connectivity index (χ3n) is 8.21. The maximum atomic E-state index is 11.1. The first-order valence-corrected chi connectivity index (χ1v) is 14.9. The molecule has 14 heteroatoms. The third kappa shape index (κ3) is 5.48. The molecular weight excluding hydrogens is 562 g/mol. The number of nitrogens with one attached hydrogen (secondary N) is 3. The number of nitrogens with zero attached hydrogens (tertiary/aromatic N) is 8. The minimum Gasteiger partial charge on any atom is -0.387 e. The molecule has 14 nitrogen and oxygen atoms in total. The van der Waals surface area contributed by atoms with Crippen LogP contribution in [0.4, 0.5) is 11.8 Å². The summed E-state index contributed by atoms with van der Waals surface area (Å²) in [6, 6.07) is 20.9. The van der Waals surface area contributed by atoms with E-state index < -0.39 is 24.5 Å². The molecule has 5 heterocycles. The maximum absolute atomic E-state index is 11.1. The maximum Gasteiger partial charge on any atom is 0.227 e. The van der Waals surface area contributed by atoms with Crippen molar-refractivity contribution in [1.29, 1.82) is 0 Å². The molecule has 2 aliphatic rings. The van der Waals surface area contributed by atoms with Gasteiger partial charge in [0.15, 0.2) is 29.3 Å². The first-order valence-electron chi connectivity index (χ1n) is 14.9. The Labute approximate surface area is 253 Å². The van der Waals surface area contributed by atoms with Crippen molar-refractivity contribution >= 4 is 22.9 Å². The Kier molecular flexibility index (Phi) is 7.87. The number of aliphatic hydroxyl groups is 2. The van der Waals surface area contributed by atoms with Crippen LogP contribution in [0.3, 0.4) is 0 Å². The van der Waals surface area contributed by atoms with E-state index in [9.17, 15) is 10.2 Å². The molecule has 0 unspecified atom stereocenters. The lowest BCUT2D eigenvalue weighted by molar-refractivity contribution is -0.0384. The van der Waals surface area contributed by atoms with E-state index in [4.69, 9.17) is 14.7 Å². The summed E-state index contributed by atoms with van der Waals surface area (Å²) in [4.78, 5) is 15.7. The van der Waals surface area contributed by atoms with Crippen LogP contribution in [-0.2, 0) is 11.3 Å². The molecule has 7 rings (SSSR count). The predicted octanol–water partition coefficient (Wildman–Crippen LogP) is 1.84. The fraction of sp³-hybridized carbons (Fsp3) is 0.400. The summed E-state index contributed by atoms with van der Waals surface area (Å²) < 4.78 is 7.77. The number of ether oxygens (including phenoxy) is 1. The number of imidazole rings is 1. The van der Waals surface area contributed by atoms with Crippen LogP contribution >= 0.6 is 0 Å². The number of hydrogen-bond donors (Lipinski definition) is 5. The fourth-order valence-corrected chi connectivity index (χ4v) is 5.85. The molecule has 0 amide bonds. The number of rotatable bonds is 10. The van der Waals surface area contributed by atoms with Crippen molar-refractivity contribution in [3.8, 4) is 0 Å². The van der Waals surface area contributed by atoms with E-state index in [2.05, 4.69) is 60.6 Å². The van der Waals surface area contributed by atoms with Crippen molar-refractivity contribution in [3.05, 3.63) is 83.9 Å². The van der Waals surface area contributed by atoms with Gasteiger partial charge >= 0.3 is 0 Å². The van der Waals surface area contributed by atoms with Crippen LogP contribution in [0.25, 0.3) is 11.2 Å². The van der Waals surface area contributed by atoms with Gasteiger partial charge in [0, 0.05) is 25.0 Å². The Morgan fingerprint density at radius 1 is 1.02 bits per heavy atom. The van der Waals surface area contributed by atoms with Crippen LogP contribution in [0.5, 0.6) is 0 Å². The molecule has 2 fully saturated rings. The highest BCUT2D eigenvalue weighted by molar-refractivity contribution is 5.84. The second-order valence-electron chi connectivity index (χ2n) is 11.1. The van der Waals surface area contributed by atoms with Gasteiger partial charge in [-0.1, -0.05) is 60.7 Å². The largest absolute Gasteiger partial charge is 0.387 e. The molecule has 0 spiro atoms. The molecule has 5 aromatic rings. The van der Waals surface area contributed by atoms with Gasteiger partial charge in [0.2, 0.25) is 11.8 Å². The Bertz CT molecular complexity index is 1650. The zero-order valence-electron chi connectivity index (χ0n) is 24.2. The first kappa shape index (κ1) is 28.3. The van der Waals surface area contributed by atoms with E-state index in [0.29, 0.717) is 36.0 Å². The quantitative estimate of drug-likeness (QED) is 0.158. The number of fused-ring (bicyclic) bond motifs is 1. The van der Waals surface area contributed by atoms with Crippen LogP contribution < -0.4 is 16.0 Å². The number of aliphatic hydroxyl groups excluding tert-OH is 2. The normalized spacial score (nSPS) is 23.5. The fourth-order valence-electron chi connectivity index (χ4n) is 5.85. The zero-order chi connectivity index (χ0) is 30.0. The van der Waals surface area contributed by atoms with Crippen molar-refractivity contribution in [3.63, 3.8) is 0 Å². The van der Waals surface area contributed by atoms with Gasteiger partial charge < -0.3 is 30.9 Å². The summed E-state index contributed by atoms with van der Waals surface area (Å²) in [5.41, 5.74) is 3.32. The van der Waals surface area contributed by atoms with Crippen molar-refractivity contribution in [2.24, 2.45) is 0 Å². The van der Waals surface area contributed by atoms with Gasteiger partial charge in [-0.3, -0.25) is 4.57 Å². The van der Waals surface area contributed by atoms with Gasteiger partial charge in [0.25, 0.3) is 0 Å². The Morgan fingerprint density at radius 2 is 1.77 bits per heavy atom. The van der Waals surface area contributed by atoms with E-state index in [-0.39, 0.29) is 17.8 Å². The standard InChI is InChI=1S/C30H35N11O3/c1-2-41-38-27(37-39-41)25-23(42)24(43)29(44-25)40-17-33-22-26(35-30(36-28(22)40)34-20-13-14-31-15-20)32-16-21(18-9-5-3-6-10-18)19-11-7-4-8-12-19/h3-12,17,20-21,23-25,29,31,42-43H,2,13-16H2,1H3,(H2,32,34,35,36)/t20-,23+,24-,25+,29-/m1/s1. The molecule has 0 aliphatic carbocycles. The monoisotopic (exact) mass is 597 g/mol. The van der Waals surface area contributed by atoms with E-state index in [1.807, 2.05) is 43.3 Å². The van der Waals surface area contributed by atoms with Gasteiger partial charge in [0.05, 0.1) is 12.9 Å². The Morgan fingerprint density at radius 3 is 2.43 bits per heavy atom. The molecule has 2 aromatic carbocycles. The second-order valence-corrected chi connectivity index (χ2v) is 11.1. The highest BCUT2D eigenvalue weighted by atomic mass is 16.6. The average Bonchev–Trinajstić information content (AvgIpc) is 3.87. The van der Waals surface area contributed by atoms with Gasteiger partial charge in [-0.2, -0.15) is 14.8 Å². The summed E-state index contributed by atoms with van der Waals surface area (Å²) in [6.45, 7) is 4.67. The van der Waals surface area contributed by atoms with Gasteiger partial charge in [-0.25, -0.2) is 4.98 Å². The summed E-state index contributed by atoms with van der Waals surface area (Å²) in [5.74, 6) is 1.24. The summed E-state index contributed by atoms with van der Waals surface area (Å²) in [7, 11) is 0. The van der Waals surface area contributed by atoms with Crippen molar-refractivity contribution < 1.29 is 14.9 Å². The molecular formula is C30H35N11O3. The minimum absolute atomic E-state index is 0.0554. The van der Waals surface area contributed by atoms with Crippen molar-refractivity contribution in [2.45, 2.75) is 56.4 Å². The molecule has 0 radical (unpaired) electrons. The SMILES string of the molecule is CCn1nnc([C@H]2O[C@@H](n3cnc4c(NCC(c5ccccc5)c5ccccc5)nc(N[C@@H]5CCNC5)nc43)[C@H](O)[C@@H]2O)n1.